The van der Waals surface area contributed by atoms with E-state index in [0.29, 0.717) is 57.8 Å². The zero-order valence-electron chi connectivity index (χ0n) is 79.6. The molecule has 12 atom stereocenters. The molecule has 0 saturated heterocycles. The maximum atomic E-state index is 14.5. The number of hydrogen-bond donors (Lipinski definition) is 37. The Labute approximate surface area is 810 Å². The number of aliphatic hydroxyl groups is 1. The molecule has 140 heavy (non-hydrogen) atoms. The van der Waals surface area contributed by atoms with Gasteiger partial charge in [-0.05, 0) is 187 Å². The second-order valence-electron chi connectivity index (χ2n) is 32.9. The van der Waals surface area contributed by atoms with Gasteiger partial charge in [-0.3, -0.25) is 107 Å². The minimum atomic E-state index is -1.53. The number of amides is 19. The molecule has 58 heteroatoms. The van der Waals surface area contributed by atoms with Crippen LogP contribution in [-0.4, -0.2) is 340 Å². The summed E-state index contributed by atoms with van der Waals surface area (Å²) in [5.74, 6) is -19.5. The van der Waals surface area contributed by atoms with E-state index in [1.54, 1.807) is 13.8 Å². The molecule has 1 aromatic heterocycles. The van der Waals surface area contributed by atoms with E-state index in [0.717, 1.165) is 0 Å². The number of guanidine groups is 3. The molecule has 0 saturated carbocycles. The minimum Gasteiger partial charge on any atom is -0.480 e. The summed E-state index contributed by atoms with van der Waals surface area (Å²) < 4.78 is 0. The quantitative estimate of drug-likeness (QED) is 0.0164. The van der Waals surface area contributed by atoms with Crippen molar-refractivity contribution in [3.8, 4) is 0 Å². The number of carboxylic acids is 1. The number of aliphatic hydroxyl groups excluding tert-OH is 1. The average molecular weight is 1990 g/mol. The Balaban J connectivity index is 3.11. The Kier molecular flexibility index (Phi) is 64.3. The molecule has 790 valence electrons. The number of carbonyl (C=O) groups excluding carboxylic acids is 19. The van der Waals surface area contributed by atoms with Gasteiger partial charge in [0.15, 0.2) is 17.9 Å². The van der Waals surface area contributed by atoms with Crippen molar-refractivity contribution in [2.45, 2.75) is 241 Å². The number of carboxylic acid groups (broad SMARTS) is 1. The van der Waals surface area contributed by atoms with Crippen LogP contribution in [-0.2, 0) is 102 Å². The van der Waals surface area contributed by atoms with Crippen molar-refractivity contribution >= 4 is 136 Å². The molecule has 46 N–H and O–H groups in total. The van der Waals surface area contributed by atoms with Crippen LogP contribution in [0, 0.1) is 22.1 Å². The predicted molar refractivity (Wildman–Crippen MR) is 507 cm³/mol. The zero-order chi connectivity index (χ0) is 105. The molecule has 0 aliphatic heterocycles. The van der Waals surface area contributed by atoms with Gasteiger partial charge in [0.05, 0.1) is 71.0 Å². The first-order valence-corrected chi connectivity index (χ1v) is 46.3. The molecule has 0 aromatic carbocycles. The molecular formula is C82H150N36O22. The van der Waals surface area contributed by atoms with E-state index in [9.17, 15) is 101 Å². The summed E-state index contributed by atoms with van der Waals surface area (Å²) in [5.41, 5.74) is 50.4. The van der Waals surface area contributed by atoms with Gasteiger partial charge in [-0.2, -0.15) is 0 Å². The number of nitrogens with two attached hydrogens (primary N) is 9. The number of rotatable bonds is 76. The van der Waals surface area contributed by atoms with Gasteiger partial charge in [0.2, 0.25) is 112 Å². The van der Waals surface area contributed by atoms with Crippen LogP contribution in [0.4, 0.5) is 0 Å². The van der Waals surface area contributed by atoms with E-state index < -0.39 is 256 Å². The van der Waals surface area contributed by atoms with Crippen LogP contribution in [0.1, 0.15) is 168 Å². The number of aromatic amines is 1. The lowest BCUT2D eigenvalue weighted by Crippen LogP contribution is -2.60. The first-order chi connectivity index (χ1) is 66.5. The number of unbranched alkanes of at least 4 members (excludes halogenated alkanes) is 5. The molecule has 0 aliphatic carbocycles. The number of imidazole rings is 1. The number of H-pyrrole nitrogens is 1. The van der Waals surface area contributed by atoms with Gasteiger partial charge in [-0.1, -0.05) is 13.8 Å². The highest BCUT2D eigenvalue weighted by molar-refractivity contribution is 6.00. The molecule has 58 nitrogen and oxygen atoms in total. The van der Waals surface area contributed by atoms with Crippen LogP contribution < -0.4 is 169 Å². The highest BCUT2D eigenvalue weighted by Crippen LogP contribution is 2.13. The largest absolute Gasteiger partial charge is 0.480 e. The summed E-state index contributed by atoms with van der Waals surface area (Å²) in [4.78, 5) is 275. The monoisotopic (exact) mass is 1990 g/mol. The van der Waals surface area contributed by atoms with Gasteiger partial charge in [0.1, 0.15) is 72.5 Å². The van der Waals surface area contributed by atoms with Crippen molar-refractivity contribution in [2.75, 3.05) is 111 Å². The summed E-state index contributed by atoms with van der Waals surface area (Å²) >= 11 is 0. The van der Waals surface area contributed by atoms with Crippen molar-refractivity contribution in [2.24, 2.45) is 57.5 Å². The van der Waals surface area contributed by atoms with Gasteiger partial charge in [0, 0.05) is 32.3 Å². The SMILES string of the molecule is CC(C)C[C@H](NC(=O)CNC(=O)[C@H](CCCCN)NC(=O)CNC(=O)CNC(=O)[C@H](CCCCN)NC(=O)CNC(=O)[C@H](CCCNC(=N)N)NC(=O)CNC(=O)[C@@H](N)CO)C(=O)NCC(=O)N[C@@H](CCCCN)C(=O)NCC(=O)NCC(=O)N[C@@H](C)C(=O)N[C@@H](CCCCN)C(=O)N[C@@H](CCCNC(=N)N)C(=O)N[C@@H](Cc1c[nH]cn1)C(=O)N[C@H](CCCNC(=N)N)C(=O)N[C@@H](CCCCN)C(=O)O. The minimum absolute atomic E-state index is 0.00284. The fourth-order valence-corrected chi connectivity index (χ4v) is 13.0. The van der Waals surface area contributed by atoms with E-state index >= 15 is 0 Å². The molecule has 0 fully saturated rings. The fourth-order valence-electron chi connectivity index (χ4n) is 13.0. The smallest absolute Gasteiger partial charge is 0.326 e. The van der Waals surface area contributed by atoms with Crippen molar-refractivity contribution < 1.29 is 106 Å². The normalized spacial score (nSPS) is 13.4. The second kappa shape index (κ2) is 72.5. The Morgan fingerprint density at radius 1 is 0.314 bits per heavy atom. The third-order valence-corrected chi connectivity index (χ3v) is 20.5. The summed E-state index contributed by atoms with van der Waals surface area (Å²) in [6.45, 7) is -0.413. The lowest BCUT2D eigenvalue weighted by molar-refractivity contribution is -0.142. The van der Waals surface area contributed by atoms with Gasteiger partial charge < -0.3 is 184 Å². The maximum Gasteiger partial charge on any atom is 0.326 e. The Morgan fingerprint density at radius 2 is 0.571 bits per heavy atom. The second-order valence-corrected chi connectivity index (χ2v) is 32.9. The number of carbonyl (C=O) groups is 20. The predicted octanol–water partition coefficient (Wildman–Crippen LogP) is -14.9. The third kappa shape index (κ3) is 57.4. The molecule has 0 unspecified atom stereocenters. The van der Waals surface area contributed by atoms with Crippen molar-refractivity contribution in [3.05, 3.63) is 18.2 Å². The first kappa shape index (κ1) is 124. The Morgan fingerprint density at radius 3 is 0.871 bits per heavy atom. The molecular weight excluding hydrogens is 1840 g/mol. The van der Waals surface area contributed by atoms with Crippen molar-refractivity contribution in [3.63, 3.8) is 0 Å². The van der Waals surface area contributed by atoms with Gasteiger partial charge >= 0.3 is 5.97 Å². The molecule has 1 rings (SSSR count). The third-order valence-electron chi connectivity index (χ3n) is 20.5. The highest BCUT2D eigenvalue weighted by Gasteiger charge is 2.36. The zero-order valence-corrected chi connectivity index (χ0v) is 79.6. The van der Waals surface area contributed by atoms with E-state index in [-0.39, 0.29) is 166 Å². The van der Waals surface area contributed by atoms with E-state index in [1.807, 2.05) is 0 Å². The molecule has 0 bridgehead atoms. The van der Waals surface area contributed by atoms with Crippen LogP contribution in [0.3, 0.4) is 0 Å². The van der Waals surface area contributed by atoms with Crippen molar-refractivity contribution in [1.29, 1.82) is 16.2 Å². The summed E-state index contributed by atoms with van der Waals surface area (Å²) in [5, 5.41) is 95.6. The Hall–Kier alpha value is -13.9. The van der Waals surface area contributed by atoms with Gasteiger partial charge in [0.25, 0.3) is 0 Å². The van der Waals surface area contributed by atoms with Gasteiger partial charge in [-0.15, -0.1) is 0 Å². The molecule has 1 aromatic rings. The lowest BCUT2D eigenvalue weighted by atomic mass is 10.0. The maximum absolute atomic E-state index is 14.5. The molecule has 0 aliphatic rings. The average Bonchev–Trinajstić information content (AvgIpc) is 1.29. The summed E-state index contributed by atoms with van der Waals surface area (Å²) in [6, 6.07) is -16.3. The van der Waals surface area contributed by atoms with Gasteiger partial charge in [-0.25, -0.2) is 9.78 Å². The van der Waals surface area contributed by atoms with Crippen LogP contribution in [0.25, 0.3) is 0 Å². The lowest BCUT2D eigenvalue weighted by Gasteiger charge is -2.27. The van der Waals surface area contributed by atoms with Crippen LogP contribution >= 0.6 is 0 Å². The van der Waals surface area contributed by atoms with E-state index in [4.69, 9.17) is 72.9 Å². The number of nitrogens with zero attached hydrogens (tertiary/aromatic N) is 1. The number of nitrogens with one attached hydrogen (secondary N) is 26. The highest BCUT2D eigenvalue weighted by atomic mass is 16.4. The molecule has 0 radical (unpaired) electrons. The van der Waals surface area contributed by atoms with E-state index in [1.165, 1.54) is 19.4 Å². The Bertz CT molecular complexity index is 4150. The fraction of sp³-hybridized carbons (Fsp3) is 0.683. The molecule has 0 spiro atoms. The van der Waals surface area contributed by atoms with Crippen LogP contribution in [0.2, 0.25) is 0 Å². The summed E-state index contributed by atoms with van der Waals surface area (Å²) in [7, 11) is 0. The topological polar surface area (TPSA) is 981 Å². The standard InChI is InChI=1S/C82H150N36O22/c1-46(2)33-58(113-67(127)43-105-72(132)52(19-6-11-27-85)109-63(123)39-100-61(121)37-103-70(130)50(17-4-9-25-83)110-65(125)41-104-73(133)53(22-14-30-96-80(89)90)112-64(124)40-101-69(129)49(88)44-119)74(134)106-42-66(126)111-51(18-5-10-26-84)71(131)102-36-60(120)99-38-62(122)108-47(3)68(128)114-54(20-7-12-28-86)75(135)115-56(24-16-32-98-82(93)94)77(137)118-59(34-48-35-95-45-107-48)78(138)116-55(23-15-31-97-81(91)92)76(136)117-57(79(139)140)21-8-13-29-87/h35,45-47,49-59,119H,4-34,36-44,83-88H2,1-3H3,(H,95,107)(H,99,120)(H,100,121)(H,101,129)(H,102,131)(H,103,130)(H,104,133)(H,105,132)(H,106,134)(H,108,122)(H,109,123)(H,110,125)(H,111,126)(H,112,124)(H,113,127)(H,114,128)(H,115,135)(H,116,138)(H,117,136)(H,118,137)(H,139,140)(H4,89,90,96)(H4,91,92,97)(H4,93,94,98)/t47-,49-,50-,51-,52-,53-,54-,55+,56-,57-,58-,59-/m0/s1. The van der Waals surface area contributed by atoms with Crippen LogP contribution in [0.5, 0.6) is 0 Å². The first-order valence-electron chi connectivity index (χ1n) is 46.3. The number of aromatic nitrogens is 2. The molecule has 1 heterocycles. The van der Waals surface area contributed by atoms with Crippen LogP contribution in [0.15, 0.2) is 12.5 Å². The molecule has 19 amide bonds. The van der Waals surface area contributed by atoms with Crippen molar-refractivity contribution in [1.82, 2.24) is 127 Å². The number of hydrogen-bond acceptors (Lipinski definition) is 31. The summed E-state index contributed by atoms with van der Waals surface area (Å²) in [6.07, 6.45) is 6.09. The number of aliphatic carboxylic acids is 1. The van der Waals surface area contributed by atoms with E-state index in [2.05, 4.69) is 127 Å².